The largest absolute Gasteiger partial charge is 0.484 e. The third kappa shape index (κ3) is 6.73. The van der Waals surface area contributed by atoms with Crippen LogP contribution in [0.4, 0.5) is 10.5 Å². The third-order valence-corrected chi connectivity index (χ3v) is 3.45. The minimum atomic E-state index is -0.643. The molecule has 0 heterocycles. The summed E-state index contributed by atoms with van der Waals surface area (Å²) in [6, 6.07) is 15.9. The van der Waals surface area contributed by atoms with Crippen molar-refractivity contribution in [2.24, 2.45) is 0 Å². The predicted octanol–water partition coefficient (Wildman–Crippen LogP) is 3.47. The second kappa shape index (κ2) is 9.54. The Kier molecular flexibility index (Phi) is 7.10. The Balaban J connectivity index is 1.67. The summed E-state index contributed by atoms with van der Waals surface area (Å²) in [5.74, 6) is 0.312. The first kappa shape index (κ1) is 18.6. The second-order valence-electron chi connectivity index (χ2n) is 5.23. The van der Waals surface area contributed by atoms with Gasteiger partial charge in [-0.15, -0.1) is 0 Å². The highest BCUT2D eigenvalue weighted by atomic mass is 35.5. The molecule has 25 heavy (non-hydrogen) atoms. The molecule has 0 saturated heterocycles. The van der Waals surface area contributed by atoms with Gasteiger partial charge in [0.1, 0.15) is 11.9 Å². The molecular formula is C18H19ClN2O4. The molecule has 2 N–H and O–H groups in total. The zero-order valence-corrected chi connectivity index (χ0v) is 14.5. The molecule has 0 saturated carbocycles. The first-order chi connectivity index (χ1) is 12.0. The summed E-state index contributed by atoms with van der Waals surface area (Å²) in [5, 5.41) is 5.60. The fourth-order valence-electron chi connectivity index (χ4n) is 1.90. The summed E-state index contributed by atoms with van der Waals surface area (Å²) in [5.41, 5.74) is 0.460. The lowest BCUT2D eigenvalue weighted by atomic mass is 10.3. The number of carbonyl (C=O) groups excluding carboxylic acids is 2. The zero-order chi connectivity index (χ0) is 18.1. The number of hydrogen-bond acceptors (Lipinski definition) is 4. The summed E-state index contributed by atoms with van der Waals surface area (Å²) in [6.07, 6.45) is -1.15. The maximum absolute atomic E-state index is 11.8. The number of anilines is 1. The van der Waals surface area contributed by atoms with E-state index in [9.17, 15) is 9.59 Å². The lowest BCUT2D eigenvalue weighted by Crippen LogP contribution is -2.36. The van der Waals surface area contributed by atoms with Crippen molar-refractivity contribution >= 4 is 29.3 Å². The molecule has 2 rings (SSSR count). The monoisotopic (exact) mass is 362 g/mol. The first-order valence-electron chi connectivity index (χ1n) is 7.71. The summed E-state index contributed by atoms with van der Waals surface area (Å²) in [4.78, 5) is 23.5. The molecule has 0 aliphatic carbocycles. The number of amides is 2. The van der Waals surface area contributed by atoms with Crippen LogP contribution in [-0.2, 0) is 9.53 Å². The average Bonchev–Trinajstić information content (AvgIpc) is 2.61. The molecule has 0 fully saturated rings. The third-order valence-electron chi connectivity index (χ3n) is 3.12. The normalized spacial score (nSPS) is 11.3. The average molecular weight is 363 g/mol. The molecule has 2 aromatic rings. The maximum Gasteiger partial charge on any atom is 0.411 e. The van der Waals surface area contributed by atoms with Crippen LogP contribution in [0, 0.1) is 0 Å². The van der Waals surface area contributed by atoms with Crippen LogP contribution in [0.15, 0.2) is 54.6 Å². The van der Waals surface area contributed by atoms with E-state index in [1.807, 2.05) is 18.2 Å². The minimum Gasteiger partial charge on any atom is -0.484 e. The number of para-hydroxylation sites is 2. The van der Waals surface area contributed by atoms with Crippen LogP contribution in [0.25, 0.3) is 0 Å². The van der Waals surface area contributed by atoms with Crippen molar-refractivity contribution in [3.05, 3.63) is 59.6 Å². The van der Waals surface area contributed by atoms with Crippen LogP contribution in [0.3, 0.4) is 0 Å². The van der Waals surface area contributed by atoms with Crippen LogP contribution in [0.1, 0.15) is 6.92 Å². The Bertz CT molecular complexity index is 709. The van der Waals surface area contributed by atoms with E-state index in [1.165, 1.54) is 0 Å². The van der Waals surface area contributed by atoms with Crippen molar-refractivity contribution in [2.75, 3.05) is 18.5 Å². The van der Waals surface area contributed by atoms with Crippen LogP contribution in [-0.4, -0.2) is 31.3 Å². The molecule has 0 aliphatic heterocycles. The summed E-state index contributed by atoms with van der Waals surface area (Å²) in [6.45, 7) is 1.74. The van der Waals surface area contributed by atoms with Gasteiger partial charge in [-0.1, -0.05) is 41.9 Å². The van der Waals surface area contributed by atoms with Gasteiger partial charge in [-0.3, -0.25) is 10.1 Å². The summed E-state index contributed by atoms with van der Waals surface area (Å²) < 4.78 is 10.5. The molecule has 0 bridgehead atoms. The van der Waals surface area contributed by atoms with E-state index < -0.39 is 12.2 Å². The maximum atomic E-state index is 11.8. The molecule has 0 aliphatic rings. The van der Waals surface area contributed by atoms with Crippen LogP contribution in [0.5, 0.6) is 5.75 Å². The molecule has 0 radical (unpaired) electrons. The van der Waals surface area contributed by atoms with E-state index >= 15 is 0 Å². The molecule has 7 heteroatoms. The molecule has 132 valence electrons. The van der Waals surface area contributed by atoms with E-state index in [1.54, 1.807) is 43.3 Å². The number of hydrogen-bond donors (Lipinski definition) is 2. The molecule has 1 atom stereocenters. The lowest BCUT2D eigenvalue weighted by molar-refractivity contribution is -0.123. The minimum absolute atomic E-state index is 0.109. The highest BCUT2D eigenvalue weighted by molar-refractivity contribution is 6.33. The Hall–Kier alpha value is -2.73. The Morgan fingerprint density at radius 1 is 1.08 bits per heavy atom. The Morgan fingerprint density at radius 3 is 2.48 bits per heavy atom. The van der Waals surface area contributed by atoms with Crippen molar-refractivity contribution in [3.63, 3.8) is 0 Å². The Labute approximate surface area is 151 Å². The number of ether oxygens (including phenoxy) is 2. The van der Waals surface area contributed by atoms with Crippen molar-refractivity contribution in [3.8, 4) is 5.75 Å². The van der Waals surface area contributed by atoms with Crippen molar-refractivity contribution in [1.29, 1.82) is 0 Å². The van der Waals surface area contributed by atoms with E-state index in [0.29, 0.717) is 16.5 Å². The fraction of sp³-hybridized carbons (Fsp3) is 0.222. The number of carbonyl (C=O) groups is 2. The van der Waals surface area contributed by atoms with Crippen molar-refractivity contribution < 1.29 is 19.1 Å². The summed E-state index contributed by atoms with van der Waals surface area (Å²) >= 11 is 5.95. The lowest BCUT2D eigenvalue weighted by Gasteiger charge is -2.15. The fourth-order valence-corrected chi connectivity index (χ4v) is 2.08. The number of rotatable bonds is 7. The van der Waals surface area contributed by atoms with Gasteiger partial charge in [0.2, 0.25) is 0 Å². The number of benzene rings is 2. The van der Waals surface area contributed by atoms with E-state index in [2.05, 4.69) is 10.6 Å². The SMILES string of the molecule is CC(CNC(=O)COc1ccccc1)OC(=O)Nc1ccccc1Cl. The van der Waals surface area contributed by atoms with E-state index in [0.717, 1.165) is 0 Å². The van der Waals surface area contributed by atoms with Crippen LogP contribution in [0.2, 0.25) is 5.02 Å². The van der Waals surface area contributed by atoms with E-state index in [-0.39, 0.29) is 19.1 Å². The van der Waals surface area contributed by atoms with Gasteiger partial charge in [-0.25, -0.2) is 4.79 Å². The molecule has 1 unspecified atom stereocenters. The molecule has 2 aromatic carbocycles. The molecule has 0 spiro atoms. The number of nitrogens with one attached hydrogen (secondary N) is 2. The molecule has 6 nitrogen and oxygen atoms in total. The van der Waals surface area contributed by atoms with Crippen LogP contribution >= 0.6 is 11.6 Å². The van der Waals surface area contributed by atoms with Gasteiger partial charge in [-0.05, 0) is 31.2 Å². The van der Waals surface area contributed by atoms with Crippen LogP contribution < -0.4 is 15.4 Å². The highest BCUT2D eigenvalue weighted by Gasteiger charge is 2.12. The van der Waals surface area contributed by atoms with Crippen molar-refractivity contribution in [2.45, 2.75) is 13.0 Å². The topological polar surface area (TPSA) is 76.7 Å². The molecule has 2 amide bonds. The van der Waals surface area contributed by atoms with Gasteiger partial charge in [0.25, 0.3) is 5.91 Å². The standard InChI is InChI=1S/C18H19ClN2O4/c1-13(25-18(23)21-16-10-6-5-9-15(16)19)11-20-17(22)12-24-14-7-3-2-4-8-14/h2-10,13H,11-12H2,1H3,(H,20,22)(H,21,23). The van der Waals surface area contributed by atoms with Gasteiger partial charge in [0.05, 0.1) is 17.3 Å². The van der Waals surface area contributed by atoms with Gasteiger partial charge in [0, 0.05) is 0 Å². The van der Waals surface area contributed by atoms with Gasteiger partial charge in [0.15, 0.2) is 6.61 Å². The van der Waals surface area contributed by atoms with E-state index in [4.69, 9.17) is 21.1 Å². The van der Waals surface area contributed by atoms with Gasteiger partial charge >= 0.3 is 6.09 Å². The molecular weight excluding hydrogens is 344 g/mol. The second-order valence-corrected chi connectivity index (χ2v) is 5.63. The van der Waals surface area contributed by atoms with Crippen molar-refractivity contribution in [1.82, 2.24) is 5.32 Å². The predicted molar refractivity (Wildman–Crippen MR) is 96.0 cm³/mol. The number of halogens is 1. The molecule has 0 aromatic heterocycles. The summed E-state index contributed by atoms with van der Waals surface area (Å²) in [7, 11) is 0. The van der Waals surface area contributed by atoms with Gasteiger partial charge in [-0.2, -0.15) is 0 Å². The Morgan fingerprint density at radius 2 is 1.76 bits per heavy atom. The highest BCUT2D eigenvalue weighted by Crippen LogP contribution is 2.20. The quantitative estimate of drug-likeness (QED) is 0.790. The zero-order valence-electron chi connectivity index (χ0n) is 13.7. The van der Waals surface area contributed by atoms with Gasteiger partial charge < -0.3 is 14.8 Å². The smallest absolute Gasteiger partial charge is 0.411 e. The first-order valence-corrected chi connectivity index (χ1v) is 8.09.